The van der Waals surface area contributed by atoms with E-state index >= 15 is 0 Å². The average molecular weight is 501 g/mol. The van der Waals surface area contributed by atoms with Crippen LogP contribution in [0, 0.1) is 12.7 Å². The van der Waals surface area contributed by atoms with E-state index in [0.29, 0.717) is 18.2 Å². The van der Waals surface area contributed by atoms with E-state index in [-0.39, 0.29) is 11.0 Å². The number of halogens is 4. The number of hydrogen-bond acceptors (Lipinski definition) is 6. The first-order valence-electron chi connectivity index (χ1n) is 11.9. The van der Waals surface area contributed by atoms with Gasteiger partial charge in [-0.1, -0.05) is 12.1 Å². The lowest BCUT2D eigenvalue weighted by molar-refractivity contribution is -0.140. The summed E-state index contributed by atoms with van der Waals surface area (Å²) in [6.07, 6.45) is -0.342. The lowest BCUT2D eigenvalue weighted by atomic mass is 9.77. The first kappa shape index (κ1) is 24.4. The lowest BCUT2D eigenvalue weighted by Gasteiger charge is -2.43. The van der Waals surface area contributed by atoms with Crippen LogP contribution in [0.2, 0.25) is 0 Å². The zero-order chi connectivity index (χ0) is 25.7. The minimum Gasteiger partial charge on any atom is -0.366 e. The van der Waals surface area contributed by atoms with Crippen LogP contribution < -0.4 is 10.2 Å². The van der Waals surface area contributed by atoms with Crippen molar-refractivity contribution in [3.63, 3.8) is 0 Å². The Labute approximate surface area is 207 Å². The van der Waals surface area contributed by atoms with Crippen molar-refractivity contribution in [1.29, 1.82) is 0 Å². The molecule has 2 aliphatic heterocycles. The van der Waals surface area contributed by atoms with Crippen LogP contribution in [0.3, 0.4) is 0 Å². The van der Waals surface area contributed by atoms with Gasteiger partial charge in [0.2, 0.25) is 0 Å². The minimum absolute atomic E-state index is 0.0630. The summed E-state index contributed by atoms with van der Waals surface area (Å²) in [5.41, 5.74) is 1.31. The lowest BCUT2D eigenvalue weighted by Crippen LogP contribution is -2.48. The molecule has 6 nitrogen and oxygen atoms in total. The number of aromatic nitrogens is 3. The number of likely N-dealkylation sites (tertiary alicyclic amines) is 1. The minimum atomic E-state index is -4.77. The van der Waals surface area contributed by atoms with E-state index in [1.807, 2.05) is 19.1 Å². The summed E-state index contributed by atoms with van der Waals surface area (Å²) in [5, 5.41) is 3.23. The average Bonchev–Trinajstić information content (AvgIpc) is 3.20. The highest BCUT2D eigenvalue weighted by Crippen LogP contribution is 2.43. The molecule has 0 bridgehead atoms. The highest BCUT2D eigenvalue weighted by Gasteiger charge is 2.46. The first-order chi connectivity index (χ1) is 17.1. The number of rotatable bonds is 4. The number of anilines is 2. The summed E-state index contributed by atoms with van der Waals surface area (Å²) in [5.74, 6) is -0.175. The van der Waals surface area contributed by atoms with Gasteiger partial charge in [0.1, 0.15) is 17.5 Å². The molecule has 3 aromatic rings. The van der Waals surface area contributed by atoms with Crippen molar-refractivity contribution in [2.45, 2.75) is 44.4 Å². The third-order valence-electron chi connectivity index (χ3n) is 7.19. The Morgan fingerprint density at radius 3 is 2.50 bits per heavy atom. The molecule has 1 aromatic carbocycles. The molecule has 1 N–H and O–H groups in total. The molecule has 0 saturated carbocycles. The number of fused-ring (bicyclic) bond motifs is 2. The zero-order valence-corrected chi connectivity index (χ0v) is 20.4. The fourth-order valence-electron chi connectivity index (χ4n) is 5.52. The molecule has 5 rings (SSSR count). The second kappa shape index (κ2) is 8.99. The van der Waals surface area contributed by atoms with Crippen molar-refractivity contribution in [2.75, 3.05) is 36.9 Å². The topological polar surface area (TPSA) is 57.2 Å². The number of likely N-dealkylation sites (N-methyl/N-ethyl adjacent to an activating group) is 1. The maximum atomic E-state index is 14.9. The Balaban J connectivity index is 1.57. The molecule has 0 aliphatic carbocycles. The molecule has 2 atom stereocenters. The predicted molar refractivity (Wildman–Crippen MR) is 129 cm³/mol. The molecule has 1 saturated heterocycles. The van der Waals surface area contributed by atoms with Crippen molar-refractivity contribution in [3.05, 3.63) is 76.8 Å². The van der Waals surface area contributed by atoms with Gasteiger partial charge in [0.25, 0.3) is 0 Å². The SMILES string of the molecule is Cc1nc(N[C@H](C)c2cccc(C(F)(F)F)c2F)c2c(n1)C1(CCN(C)C1)CN(c1ccncc1)C2. The Hall–Kier alpha value is -3.27. The van der Waals surface area contributed by atoms with E-state index in [1.165, 1.54) is 12.1 Å². The van der Waals surface area contributed by atoms with Gasteiger partial charge in [-0.15, -0.1) is 0 Å². The van der Waals surface area contributed by atoms with Crippen LogP contribution in [0.1, 0.15) is 47.6 Å². The summed E-state index contributed by atoms with van der Waals surface area (Å²) in [6.45, 7) is 6.51. The first-order valence-corrected chi connectivity index (χ1v) is 11.9. The second-order valence-electron chi connectivity index (χ2n) is 9.85. The van der Waals surface area contributed by atoms with Crippen LogP contribution in [-0.4, -0.2) is 46.5 Å². The number of hydrogen-bond donors (Lipinski definition) is 1. The summed E-state index contributed by atoms with van der Waals surface area (Å²) >= 11 is 0. The van der Waals surface area contributed by atoms with Crippen LogP contribution in [0.15, 0.2) is 42.7 Å². The van der Waals surface area contributed by atoms with Crippen LogP contribution in [-0.2, 0) is 18.1 Å². The molecule has 4 heterocycles. The Morgan fingerprint density at radius 2 is 1.83 bits per heavy atom. The van der Waals surface area contributed by atoms with Gasteiger partial charge in [-0.25, -0.2) is 14.4 Å². The monoisotopic (exact) mass is 500 g/mol. The number of alkyl halides is 3. The molecule has 36 heavy (non-hydrogen) atoms. The Morgan fingerprint density at radius 1 is 1.08 bits per heavy atom. The third-order valence-corrected chi connectivity index (χ3v) is 7.19. The highest BCUT2D eigenvalue weighted by molar-refractivity contribution is 5.58. The maximum absolute atomic E-state index is 14.9. The van der Waals surface area contributed by atoms with E-state index in [9.17, 15) is 17.6 Å². The number of nitrogens with one attached hydrogen (secondary N) is 1. The molecule has 2 aromatic heterocycles. The maximum Gasteiger partial charge on any atom is 0.419 e. The smallest absolute Gasteiger partial charge is 0.366 e. The van der Waals surface area contributed by atoms with Crippen molar-refractivity contribution >= 4 is 11.5 Å². The molecule has 2 aliphatic rings. The van der Waals surface area contributed by atoms with Gasteiger partial charge in [0.15, 0.2) is 0 Å². The molecule has 1 spiro atoms. The fraction of sp³-hybridized carbons (Fsp3) is 0.423. The van der Waals surface area contributed by atoms with Crippen molar-refractivity contribution in [3.8, 4) is 0 Å². The summed E-state index contributed by atoms with van der Waals surface area (Å²) in [6, 6.07) is 6.54. The molecular weight excluding hydrogens is 472 g/mol. The summed E-state index contributed by atoms with van der Waals surface area (Å²) < 4.78 is 54.8. The van der Waals surface area contributed by atoms with Crippen LogP contribution in [0.4, 0.5) is 29.1 Å². The molecular formula is C26H28F4N6. The third kappa shape index (κ3) is 4.38. The van der Waals surface area contributed by atoms with Crippen molar-refractivity contribution < 1.29 is 17.6 Å². The van der Waals surface area contributed by atoms with Gasteiger partial charge in [0, 0.05) is 54.3 Å². The van der Waals surface area contributed by atoms with Crippen molar-refractivity contribution in [1.82, 2.24) is 19.9 Å². The Bertz CT molecular complexity index is 1270. The molecule has 0 amide bonds. The van der Waals surface area contributed by atoms with Gasteiger partial charge in [0.05, 0.1) is 17.3 Å². The van der Waals surface area contributed by atoms with Gasteiger partial charge in [-0.05, 0) is 52.1 Å². The molecule has 190 valence electrons. The number of aryl methyl sites for hydroxylation is 1. The highest BCUT2D eigenvalue weighted by atomic mass is 19.4. The Kier molecular flexibility index (Phi) is 6.10. The standard InChI is InChI=1S/C26H28F4N6/c1-16(19-5-4-6-21(22(19)27)26(28,29)30)32-24-20-13-36(18-7-10-31-11-8-18)15-25(9-12-35(3)14-25)23(20)33-17(2)34-24/h4-8,10-11,16H,9,12-15H2,1-3H3,(H,32,33,34)/t16-,25?/m1/s1. The molecule has 1 fully saturated rings. The predicted octanol–water partition coefficient (Wildman–Crippen LogP) is 5.10. The number of pyridine rings is 1. The molecule has 0 radical (unpaired) electrons. The zero-order valence-electron chi connectivity index (χ0n) is 20.4. The van der Waals surface area contributed by atoms with E-state index in [0.717, 1.165) is 49.1 Å². The normalized spacial score (nSPS) is 21.0. The number of nitrogens with zero attached hydrogens (tertiary/aromatic N) is 5. The van der Waals surface area contributed by atoms with E-state index in [2.05, 4.69) is 32.1 Å². The summed E-state index contributed by atoms with van der Waals surface area (Å²) in [4.78, 5) is 18.2. The molecule has 10 heteroatoms. The molecule has 1 unspecified atom stereocenters. The van der Waals surface area contributed by atoms with Gasteiger partial charge < -0.3 is 15.1 Å². The summed E-state index contributed by atoms with van der Waals surface area (Å²) in [7, 11) is 2.09. The largest absolute Gasteiger partial charge is 0.419 e. The van der Waals surface area contributed by atoms with Gasteiger partial charge in [-0.3, -0.25) is 4.98 Å². The van der Waals surface area contributed by atoms with Crippen LogP contribution in [0.5, 0.6) is 0 Å². The quantitative estimate of drug-likeness (QED) is 0.503. The van der Waals surface area contributed by atoms with E-state index in [4.69, 9.17) is 4.98 Å². The fourth-order valence-corrected chi connectivity index (χ4v) is 5.52. The van der Waals surface area contributed by atoms with Crippen molar-refractivity contribution in [2.24, 2.45) is 0 Å². The van der Waals surface area contributed by atoms with E-state index in [1.54, 1.807) is 19.3 Å². The van der Waals surface area contributed by atoms with Crippen LogP contribution in [0.25, 0.3) is 0 Å². The van der Waals surface area contributed by atoms with Gasteiger partial charge >= 0.3 is 6.18 Å². The number of benzene rings is 1. The second-order valence-corrected chi connectivity index (χ2v) is 9.85. The van der Waals surface area contributed by atoms with Crippen LogP contribution >= 0.6 is 0 Å². The van der Waals surface area contributed by atoms with Gasteiger partial charge in [-0.2, -0.15) is 13.2 Å². The van der Waals surface area contributed by atoms with E-state index < -0.39 is 23.6 Å².